The Morgan fingerprint density at radius 3 is 2.18 bits per heavy atom. The molecule has 5 rings (SSSR count). The van der Waals surface area contributed by atoms with Crippen LogP contribution < -0.4 is 4.74 Å². The van der Waals surface area contributed by atoms with Crippen molar-refractivity contribution in [3.05, 3.63) is 137 Å². The van der Waals surface area contributed by atoms with Crippen molar-refractivity contribution in [3.8, 4) is 28.8 Å². The second kappa shape index (κ2) is 11.2. The van der Waals surface area contributed by atoms with Crippen molar-refractivity contribution in [2.45, 2.75) is 18.4 Å². The van der Waals surface area contributed by atoms with E-state index >= 15 is 0 Å². The number of para-hydroxylation sites is 1. The molecule has 0 atom stereocenters. The molecular formula is C32H25N3O3S. The van der Waals surface area contributed by atoms with Gasteiger partial charge in [-0.3, -0.25) is 0 Å². The minimum Gasteiger partial charge on any atom is -0.489 e. The molecule has 5 aromatic rings. The Morgan fingerprint density at radius 1 is 0.897 bits per heavy atom. The molecule has 0 aliphatic rings. The predicted octanol–water partition coefficient (Wildman–Crippen LogP) is 6.77. The van der Waals surface area contributed by atoms with E-state index in [1.165, 1.54) is 18.2 Å². The van der Waals surface area contributed by atoms with Crippen LogP contribution in [-0.4, -0.2) is 18.2 Å². The van der Waals surface area contributed by atoms with Crippen LogP contribution in [0.4, 0.5) is 0 Å². The lowest BCUT2D eigenvalue weighted by molar-refractivity contribution is 0.306. The largest absolute Gasteiger partial charge is 0.489 e. The maximum Gasteiger partial charge on any atom is 0.216 e. The van der Waals surface area contributed by atoms with Crippen molar-refractivity contribution in [1.82, 2.24) is 9.78 Å². The van der Waals surface area contributed by atoms with Gasteiger partial charge in [-0.25, -0.2) is 13.1 Å². The molecule has 0 amide bonds. The van der Waals surface area contributed by atoms with E-state index in [9.17, 15) is 13.7 Å². The number of hydrogen-bond acceptors (Lipinski definition) is 5. The second-order valence-corrected chi connectivity index (χ2v) is 10.9. The molecule has 0 spiro atoms. The number of nitriles is 1. The van der Waals surface area contributed by atoms with Gasteiger partial charge in [-0.2, -0.15) is 10.4 Å². The Labute approximate surface area is 228 Å². The molecule has 0 aliphatic carbocycles. The summed E-state index contributed by atoms with van der Waals surface area (Å²) in [6.07, 6.45) is 3.11. The van der Waals surface area contributed by atoms with Crippen LogP contribution in [0.3, 0.4) is 0 Å². The highest BCUT2D eigenvalue weighted by molar-refractivity contribution is 7.95. The molecule has 7 heteroatoms. The quantitative estimate of drug-likeness (QED) is 0.206. The number of allylic oxidation sites excluding steroid dienone is 1. The Morgan fingerprint density at radius 2 is 1.54 bits per heavy atom. The average Bonchev–Trinajstić information content (AvgIpc) is 3.40. The number of rotatable bonds is 8. The van der Waals surface area contributed by atoms with Gasteiger partial charge in [0, 0.05) is 17.3 Å². The number of nitrogens with zero attached hydrogens (tertiary/aromatic N) is 3. The molecule has 39 heavy (non-hydrogen) atoms. The van der Waals surface area contributed by atoms with Crippen LogP contribution in [0.15, 0.2) is 125 Å². The van der Waals surface area contributed by atoms with Crippen LogP contribution in [0.1, 0.15) is 16.7 Å². The molecule has 0 N–H and O–H groups in total. The van der Waals surface area contributed by atoms with Crippen LogP contribution >= 0.6 is 0 Å². The maximum absolute atomic E-state index is 13.3. The van der Waals surface area contributed by atoms with Crippen LogP contribution in [0.5, 0.6) is 5.75 Å². The SMILES string of the molecule is Cc1ccc(S(=O)(=O)C(C#N)=Cc2cn(-c3ccccc3)nc2-c2ccc(OCc3ccccc3)cc2)cc1. The van der Waals surface area contributed by atoms with Crippen molar-refractivity contribution in [3.63, 3.8) is 0 Å². The van der Waals surface area contributed by atoms with Crippen LogP contribution in [0, 0.1) is 18.3 Å². The van der Waals surface area contributed by atoms with Crippen molar-refractivity contribution in [2.75, 3.05) is 0 Å². The summed E-state index contributed by atoms with van der Waals surface area (Å²) < 4.78 is 34.2. The van der Waals surface area contributed by atoms with E-state index in [1.54, 1.807) is 23.0 Å². The molecule has 0 saturated heterocycles. The summed E-state index contributed by atoms with van der Waals surface area (Å²) in [5.41, 5.74) is 4.60. The fourth-order valence-corrected chi connectivity index (χ4v) is 5.19. The maximum atomic E-state index is 13.3. The van der Waals surface area contributed by atoms with Crippen molar-refractivity contribution in [2.24, 2.45) is 0 Å². The number of benzene rings is 4. The van der Waals surface area contributed by atoms with Gasteiger partial charge in [0.15, 0.2) is 0 Å². The molecule has 1 heterocycles. The van der Waals surface area contributed by atoms with E-state index in [0.717, 1.165) is 22.4 Å². The normalized spacial score (nSPS) is 11.6. The van der Waals surface area contributed by atoms with Crippen LogP contribution in [0.25, 0.3) is 23.0 Å². The molecule has 6 nitrogen and oxygen atoms in total. The summed E-state index contributed by atoms with van der Waals surface area (Å²) in [6, 6.07) is 35.2. The third-order valence-electron chi connectivity index (χ3n) is 6.16. The lowest BCUT2D eigenvalue weighted by atomic mass is 10.1. The summed E-state index contributed by atoms with van der Waals surface area (Å²) in [6.45, 7) is 2.32. The molecule has 192 valence electrons. The number of sulfone groups is 1. The van der Waals surface area contributed by atoms with Crippen LogP contribution in [0.2, 0.25) is 0 Å². The number of hydrogen-bond donors (Lipinski definition) is 0. The molecule has 0 bridgehead atoms. The van der Waals surface area contributed by atoms with Gasteiger partial charge in [0.25, 0.3) is 0 Å². The topological polar surface area (TPSA) is 85.0 Å². The molecule has 0 unspecified atom stereocenters. The van der Waals surface area contributed by atoms with E-state index in [1.807, 2.05) is 97.9 Å². The third kappa shape index (κ3) is 5.82. The molecule has 4 aromatic carbocycles. The first-order chi connectivity index (χ1) is 18.9. The van der Waals surface area contributed by atoms with E-state index in [4.69, 9.17) is 9.84 Å². The first kappa shape index (κ1) is 25.7. The van der Waals surface area contributed by atoms with Crippen LogP contribution in [-0.2, 0) is 16.4 Å². The summed E-state index contributed by atoms with van der Waals surface area (Å²) in [5, 5.41) is 14.6. The molecule has 0 fully saturated rings. The van der Waals surface area contributed by atoms with E-state index in [2.05, 4.69) is 0 Å². The fraction of sp³-hybridized carbons (Fsp3) is 0.0625. The zero-order valence-electron chi connectivity index (χ0n) is 21.2. The smallest absolute Gasteiger partial charge is 0.216 e. The summed E-state index contributed by atoms with van der Waals surface area (Å²) in [7, 11) is -4.02. The Kier molecular flexibility index (Phi) is 7.39. The van der Waals surface area contributed by atoms with Crippen molar-refractivity contribution >= 4 is 15.9 Å². The van der Waals surface area contributed by atoms with Gasteiger partial charge in [0.05, 0.1) is 10.6 Å². The molecule has 0 saturated carbocycles. The predicted molar refractivity (Wildman–Crippen MR) is 152 cm³/mol. The van der Waals surface area contributed by atoms with Gasteiger partial charge >= 0.3 is 0 Å². The number of aryl methyl sites for hydroxylation is 1. The second-order valence-electron chi connectivity index (χ2n) is 8.95. The van der Waals surface area contributed by atoms with Gasteiger partial charge in [0.2, 0.25) is 9.84 Å². The van der Waals surface area contributed by atoms with E-state index in [-0.39, 0.29) is 9.80 Å². The Hall–Kier alpha value is -4.93. The van der Waals surface area contributed by atoms with Gasteiger partial charge in [-0.1, -0.05) is 66.2 Å². The zero-order chi connectivity index (χ0) is 27.2. The number of ether oxygens (including phenoxy) is 1. The highest BCUT2D eigenvalue weighted by Gasteiger charge is 2.22. The summed E-state index contributed by atoms with van der Waals surface area (Å²) in [4.78, 5) is -0.291. The number of aromatic nitrogens is 2. The summed E-state index contributed by atoms with van der Waals surface area (Å²) in [5.74, 6) is 0.696. The van der Waals surface area contributed by atoms with Gasteiger partial charge in [-0.15, -0.1) is 0 Å². The first-order valence-corrected chi connectivity index (χ1v) is 13.8. The molecule has 0 aliphatic heterocycles. The molecular weight excluding hydrogens is 506 g/mol. The minimum absolute atomic E-state index is 0.0674. The van der Waals surface area contributed by atoms with Gasteiger partial charge in [0.1, 0.15) is 29.0 Å². The van der Waals surface area contributed by atoms with E-state index < -0.39 is 9.84 Å². The third-order valence-corrected chi connectivity index (χ3v) is 7.84. The van der Waals surface area contributed by atoms with Crippen molar-refractivity contribution < 1.29 is 13.2 Å². The lowest BCUT2D eigenvalue weighted by Crippen LogP contribution is -2.03. The molecule has 1 aromatic heterocycles. The lowest BCUT2D eigenvalue weighted by Gasteiger charge is -2.07. The standard InChI is InChI=1S/C32H25N3O3S/c1-24-12-18-30(19-13-24)39(36,37)31(21-33)20-27-22-35(28-10-6-3-7-11-28)34-32(27)26-14-16-29(17-15-26)38-23-25-8-4-2-5-9-25/h2-20,22H,23H2,1H3. The Bertz CT molecular complexity index is 1750. The minimum atomic E-state index is -4.02. The monoisotopic (exact) mass is 531 g/mol. The van der Waals surface area contributed by atoms with E-state index in [0.29, 0.717) is 23.6 Å². The highest BCUT2D eigenvalue weighted by Crippen LogP contribution is 2.30. The Balaban J connectivity index is 1.52. The fourth-order valence-electron chi connectivity index (χ4n) is 4.04. The molecule has 0 radical (unpaired) electrons. The van der Waals surface area contributed by atoms with Crippen molar-refractivity contribution in [1.29, 1.82) is 5.26 Å². The average molecular weight is 532 g/mol. The highest BCUT2D eigenvalue weighted by atomic mass is 32.2. The van der Waals surface area contributed by atoms with Gasteiger partial charge in [-0.05, 0) is 67.1 Å². The summed E-state index contributed by atoms with van der Waals surface area (Å²) >= 11 is 0. The first-order valence-electron chi connectivity index (χ1n) is 12.3. The van der Waals surface area contributed by atoms with Gasteiger partial charge < -0.3 is 4.74 Å². The zero-order valence-corrected chi connectivity index (χ0v) is 22.0.